The monoisotopic (exact) mass is 411 g/mol. The van der Waals surface area contributed by atoms with Gasteiger partial charge in [-0.3, -0.25) is 4.57 Å². The summed E-state index contributed by atoms with van der Waals surface area (Å²) in [6.45, 7) is 2.84. The molecule has 0 aliphatic carbocycles. The molecule has 0 saturated heterocycles. The average molecular weight is 411 g/mol. The third-order valence-electron chi connectivity index (χ3n) is 4.08. The fourth-order valence-corrected chi connectivity index (χ4v) is 2.50. The molecule has 0 aliphatic heterocycles. The first-order valence-corrected chi connectivity index (χ1v) is 8.57. The SMILES string of the molecule is C#CCn1cc(O)n(COC(=O)C(Nc2ccc(C(F)(F)F)cc2)C(C)C)c1=O. The Morgan fingerprint density at radius 1 is 1.31 bits per heavy atom. The van der Waals surface area contributed by atoms with Crippen LogP contribution >= 0.6 is 0 Å². The second kappa shape index (κ2) is 8.77. The number of hydrogen-bond donors (Lipinski definition) is 2. The maximum absolute atomic E-state index is 12.7. The van der Waals surface area contributed by atoms with Gasteiger partial charge in [0, 0.05) is 5.69 Å². The van der Waals surface area contributed by atoms with Gasteiger partial charge in [0.15, 0.2) is 6.73 Å². The normalized spacial score (nSPS) is 12.4. The van der Waals surface area contributed by atoms with Crippen LogP contribution in [0.3, 0.4) is 0 Å². The van der Waals surface area contributed by atoms with Crippen LogP contribution in [0.4, 0.5) is 18.9 Å². The largest absolute Gasteiger partial charge is 0.493 e. The van der Waals surface area contributed by atoms with Crippen molar-refractivity contribution in [3.63, 3.8) is 0 Å². The molecule has 1 aromatic carbocycles. The number of hydrogen-bond acceptors (Lipinski definition) is 5. The number of aromatic hydroxyl groups is 1. The van der Waals surface area contributed by atoms with Crippen molar-refractivity contribution in [2.24, 2.45) is 5.92 Å². The van der Waals surface area contributed by atoms with Crippen LogP contribution in [0.1, 0.15) is 19.4 Å². The molecule has 1 atom stereocenters. The molecule has 1 heterocycles. The van der Waals surface area contributed by atoms with Gasteiger partial charge in [-0.2, -0.15) is 13.2 Å². The number of rotatable bonds is 7. The summed E-state index contributed by atoms with van der Waals surface area (Å²) < 4.78 is 45.0. The van der Waals surface area contributed by atoms with E-state index in [0.29, 0.717) is 5.69 Å². The molecule has 0 fully saturated rings. The van der Waals surface area contributed by atoms with Gasteiger partial charge in [-0.25, -0.2) is 14.2 Å². The number of imidazole rings is 1. The number of carbonyl (C=O) groups excluding carboxylic acids is 1. The Labute approximate surface area is 164 Å². The van der Waals surface area contributed by atoms with Crippen molar-refractivity contribution >= 4 is 11.7 Å². The molecule has 29 heavy (non-hydrogen) atoms. The van der Waals surface area contributed by atoms with Crippen molar-refractivity contribution in [1.82, 2.24) is 9.13 Å². The van der Waals surface area contributed by atoms with E-state index in [1.807, 2.05) is 0 Å². The standard InChI is InChI=1S/C19H20F3N3O4/c1-4-9-24-10-15(26)25(18(24)28)11-29-17(27)16(12(2)3)23-14-7-5-13(6-8-14)19(20,21)22/h1,5-8,10,12,16,23,26H,9,11H2,2-3H3. The van der Waals surface area contributed by atoms with Gasteiger partial charge in [-0.15, -0.1) is 6.42 Å². The van der Waals surface area contributed by atoms with Crippen LogP contribution in [0.25, 0.3) is 0 Å². The van der Waals surface area contributed by atoms with Gasteiger partial charge < -0.3 is 15.2 Å². The number of alkyl halides is 3. The number of anilines is 1. The second-order valence-corrected chi connectivity index (χ2v) is 6.56. The lowest BCUT2D eigenvalue weighted by Gasteiger charge is -2.22. The zero-order valence-corrected chi connectivity index (χ0v) is 15.7. The summed E-state index contributed by atoms with van der Waals surface area (Å²) in [5, 5.41) is 12.6. The Kier molecular flexibility index (Phi) is 6.64. The topological polar surface area (TPSA) is 85.5 Å². The number of carbonyl (C=O) groups is 1. The molecule has 2 aromatic rings. The first kappa shape index (κ1) is 21.9. The van der Waals surface area contributed by atoms with Gasteiger partial charge in [0.1, 0.15) is 6.04 Å². The Hall–Kier alpha value is -3.35. The first-order chi connectivity index (χ1) is 13.5. The molecule has 0 bridgehead atoms. The van der Waals surface area contributed by atoms with E-state index < -0.39 is 42.1 Å². The molecule has 0 radical (unpaired) electrons. The fraction of sp³-hybridized carbons (Fsp3) is 0.368. The number of benzene rings is 1. The van der Waals surface area contributed by atoms with Crippen LogP contribution in [0, 0.1) is 18.3 Å². The van der Waals surface area contributed by atoms with E-state index in [9.17, 15) is 27.9 Å². The third kappa shape index (κ3) is 5.34. The molecule has 2 N–H and O–H groups in total. The summed E-state index contributed by atoms with van der Waals surface area (Å²) in [5.41, 5.74) is -1.16. The van der Waals surface area contributed by atoms with Crippen LogP contribution in [0.2, 0.25) is 0 Å². The highest BCUT2D eigenvalue weighted by molar-refractivity contribution is 5.79. The summed E-state index contributed by atoms with van der Waals surface area (Å²) in [7, 11) is 0. The number of ether oxygens (including phenoxy) is 1. The number of esters is 1. The Morgan fingerprint density at radius 3 is 2.45 bits per heavy atom. The van der Waals surface area contributed by atoms with E-state index in [-0.39, 0.29) is 12.5 Å². The summed E-state index contributed by atoms with van der Waals surface area (Å²) in [6, 6.07) is 3.33. The minimum Gasteiger partial charge on any atom is -0.493 e. The average Bonchev–Trinajstić information content (AvgIpc) is 2.90. The van der Waals surface area contributed by atoms with Gasteiger partial charge in [0.2, 0.25) is 5.88 Å². The molecule has 1 aromatic heterocycles. The number of halogens is 3. The summed E-state index contributed by atoms with van der Waals surface area (Å²) in [4.78, 5) is 24.5. The van der Waals surface area contributed by atoms with E-state index >= 15 is 0 Å². The lowest BCUT2D eigenvalue weighted by Crippen LogP contribution is -2.37. The van der Waals surface area contributed by atoms with Crippen molar-refractivity contribution in [2.75, 3.05) is 5.32 Å². The van der Waals surface area contributed by atoms with Crippen LogP contribution in [0.15, 0.2) is 35.3 Å². The van der Waals surface area contributed by atoms with E-state index in [1.54, 1.807) is 13.8 Å². The molecule has 10 heteroatoms. The smallest absolute Gasteiger partial charge is 0.416 e. The highest BCUT2D eigenvalue weighted by Gasteiger charge is 2.30. The quantitative estimate of drug-likeness (QED) is 0.541. The van der Waals surface area contributed by atoms with Gasteiger partial charge >= 0.3 is 17.8 Å². The van der Waals surface area contributed by atoms with Crippen molar-refractivity contribution in [3.8, 4) is 18.2 Å². The summed E-state index contributed by atoms with van der Waals surface area (Å²) >= 11 is 0. The molecule has 0 saturated carbocycles. The van der Waals surface area contributed by atoms with Crippen LogP contribution < -0.4 is 11.0 Å². The lowest BCUT2D eigenvalue weighted by molar-refractivity contribution is -0.149. The van der Waals surface area contributed by atoms with E-state index in [0.717, 1.165) is 27.5 Å². The molecule has 0 spiro atoms. The molecular weight excluding hydrogens is 391 g/mol. The summed E-state index contributed by atoms with van der Waals surface area (Å²) in [6.07, 6.45) is 1.80. The first-order valence-electron chi connectivity index (χ1n) is 8.57. The number of nitrogens with zero attached hydrogens (tertiary/aromatic N) is 2. The van der Waals surface area contributed by atoms with E-state index in [1.165, 1.54) is 12.1 Å². The minimum absolute atomic E-state index is 0.0581. The van der Waals surface area contributed by atoms with Gasteiger partial charge in [-0.05, 0) is 30.2 Å². The predicted octanol–water partition coefficient (Wildman–Crippen LogP) is 2.64. The zero-order valence-electron chi connectivity index (χ0n) is 15.7. The van der Waals surface area contributed by atoms with E-state index in [4.69, 9.17) is 11.2 Å². The predicted molar refractivity (Wildman–Crippen MR) is 99.0 cm³/mol. The molecule has 156 valence electrons. The Morgan fingerprint density at radius 2 is 1.93 bits per heavy atom. The molecule has 0 amide bonds. The van der Waals surface area contributed by atoms with Crippen LogP contribution in [0.5, 0.6) is 5.88 Å². The highest BCUT2D eigenvalue weighted by Crippen LogP contribution is 2.30. The second-order valence-electron chi connectivity index (χ2n) is 6.56. The van der Waals surface area contributed by atoms with Gasteiger partial charge in [0.05, 0.1) is 18.3 Å². The van der Waals surface area contributed by atoms with Gasteiger partial charge in [-0.1, -0.05) is 19.8 Å². The molecular formula is C19H20F3N3O4. The van der Waals surface area contributed by atoms with Crippen LogP contribution in [-0.4, -0.2) is 26.3 Å². The van der Waals surface area contributed by atoms with Crippen molar-refractivity contribution in [1.29, 1.82) is 0 Å². The van der Waals surface area contributed by atoms with Crippen molar-refractivity contribution < 1.29 is 27.8 Å². The van der Waals surface area contributed by atoms with Crippen LogP contribution in [-0.2, 0) is 29.0 Å². The number of aromatic nitrogens is 2. The molecule has 1 unspecified atom stereocenters. The summed E-state index contributed by atoms with van der Waals surface area (Å²) in [5.74, 6) is 0.816. The third-order valence-corrected chi connectivity index (χ3v) is 4.08. The maximum Gasteiger partial charge on any atom is 0.416 e. The van der Waals surface area contributed by atoms with E-state index in [2.05, 4.69) is 11.2 Å². The number of terminal acetylenes is 1. The Balaban J connectivity index is 2.09. The Bertz CT molecular complexity index is 953. The number of nitrogens with one attached hydrogen (secondary N) is 1. The molecule has 7 nitrogen and oxygen atoms in total. The molecule has 0 aliphatic rings. The lowest BCUT2D eigenvalue weighted by atomic mass is 10.0. The maximum atomic E-state index is 12.7. The fourth-order valence-electron chi connectivity index (χ4n) is 2.50. The highest BCUT2D eigenvalue weighted by atomic mass is 19.4. The molecule has 2 rings (SSSR count). The zero-order chi connectivity index (χ0) is 21.8. The van der Waals surface area contributed by atoms with Crippen molar-refractivity contribution in [2.45, 2.75) is 39.3 Å². The minimum atomic E-state index is -4.46. The van der Waals surface area contributed by atoms with Gasteiger partial charge in [0.25, 0.3) is 0 Å². The van der Waals surface area contributed by atoms with Crippen molar-refractivity contribution in [3.05, 3.63) is 46.5 Å².